The van der Waals surface area contributed by atoms with Gasteiger partial charge in [-0.2, -0.15) is 0 Å². The summed E-state index contributed by atoms with van der Waals surface area (Å²) in [5.41, 5.74) is 25.6. The van der Waals surface area contributed by atoms with Crippen molar-refractivity contribution in [3.05, 3.63) is 203 Å². The molecule has 0 saturated heterocycles. The van der Waals surface area contributed by atoms with Gasteiger partial charge < -0.3 is 23.6 Å². The van der Waals surface area contributed by atoms with Crippen LogP contribution in [0.25, 0.3) is 82.7 Å². The van der Waals surface area contributed by atoms with E-state index in [4.69, 9.17) is 8.83 Å². The fourth-order valence-corrected chi connectivity index (χ4v) is 13.1. The van der Waals surface area contributed by atoms with Crippen LogP contribution in [-0.2, 0) is 27.1 Å². The van der Waals surface area contributed by atoms with Crippen molar-refractivity contribution in [2.75, 3.05) is 10.2 Å². The van der Waals surface area contributed by atoms with Crippen LogP contribution >= 0.6 is 0 Å². The van der Waals surface area contributed by atoms with Gasteiger partial charge in [0.2, 0.25) is 7.28 Å². The van der Waals surface area contributed by atoms with E-state index in [2.05, 4.69) is 289 Å². The second-order valence-electron chi connectivity index (χ2n) is 27.8. The Bertz CT molecular complexity index is 4500. The van der Waals surface area contributed by atoms with E-state index in [1.54, 1.807) is 0 Å². The van der Waals surface area contributed by atoms with Crippen molar-refractivity contribution < 1.29 is 8.83 Å². The molecule has 1 aliphatic carbocycles. The van der Waals surface area contributed by atoms with Crippen LogP contribution in [0.15, 0.2) is 179 Å². The fourth-order valence-electron chi connectivity index (χ4n) is 13.1. The molecule has 5 nitrogen and oxygen atoms in total. The first-order valence-electron chi connectivity index (χ1n) is 29.0. The maximum atomic E-state index is 7.04. The average Bonchev–Trinajstić information content (AvgIpc) is 4.15. The predicted octanol–water partition coefficient (Wildman–Crippen LogP) is 19.8. The van der Waals surface area contributed by atoms with Gasteiger partial charge >= 0.3 is 0 Å². The molecule has 81 heavy (non-hydrogen) atoms. The highest BCUT2D eigenvalue weighted by atomic mass is 16.3. The Hall–Kier alpha value is -8.22. The number of hydrogen-bond donors (Lipinski definition) is 1. The van der Waals surface area contributed by atoms with Gasteiger partial charge in [-0.3, -0.25) is 0 Å². The number of aromatic nitrogens is 1. The van der Waals surface area contributed by atoms with Crippen LogP contribution in [0, 0.1) is 0 Å². The fraction of sp³-hybridized carbons (Fsp3) is 0.253. The molecule has 6 heteroatoms. The number of rotatable bonds is 6. The van der Waals surface area contributed by atoms with Crippen LogP contribution < -0.4 is 21.3 Å². The first-order chi connectivity index (χ1) is 38.4. The summed E-state index contributed by atoms with van der Waals surface area (Å²) >= 11 is 0. The van der Waals surface area contributed by atoms with Crippen LogP contribution in [0.3, 0.4) is 0 Å². The van der Waals surface area contributed by atoms with Crippen LogP contribution in [-0.4, -0.2) is 11.8 Å². The highest BCUT2D eigenvalue weighted by Crippen LogP contribution is 2.54. The Morgan fingerprint density at radius 3 is 1.65 bits per heavy atom. The van der Waals surface area contributed by atoms with E-state index in [-0.39, 0.29) is 27.1 Å². The van der Waals surface area contributed by atoms with Crippen LogP contribution in [0.4, 0.5) is 28.4 Å². The molecule has 4 heterocycles. The number of furan rings is 2. The van der Waals surface area contributed by atoms with Crippen molar-refractivity contribution in [2.45, 2.75) is 124 Å². The van der Waals surface area contributed by atoms with Crippen molar-refractivity contribution in [1.29, 1.82) is 0 Å². The summed E-state index contributed by atoms with van der Waals surface area (Å²) in [4.78, 5) is 2.43. The van der Waals surface area contributed by atoms with Crippen molar-refractivity contribution in [3.63, 3.8) is 0 Å². The molecule has 1 aliphatic heterocycles. The third kappa shape index (κ3) is 8.10. The van der Waals surface area contributed by atoms with Crippen LogP contribution in [0.2, 0.25) is 0 Å². The molecule has 9 aromatic carbocycles. The van der Waals surface area contributed by atoms with E-state index in [0.29, 0.717) is 0 Å². The molecule has 0 spiro atoms. The summed E-state index contributed by atoms with van der Waals surface area (Å²) < 4.78 is 16.2. The molecule has 3 aromatic heterocycles. The Balaban J connectivity index is 1.01. The molecule has 12 aromatic rings. The van der Waals surface area contributed by atoms with Crippen molar-refractivity contribution >= 4 is 102 Å². The van der Waals surface area contributed by atoms with E-state index in [9.17, 15) is 0 Å². The topological polar surface area (TPSA) is 46.5 Å². The lowest BCUT2D eigenvalue weighted by atomic mass is 9.62. The molecule has 0 fully saturated rings. The standard InChI is InChI=1S/C75H71BN3O2/c1-71(2,3)43-19-26-47(27-20-43)77-62-41-61-55(54-38-50(32-35-60(54)75(61,13)14)78(48-28-21-44(22-29-48)72(4,5)6)49-30-23-45(24-31-49)73(7,8)9)39-56(62)52-33-34-53-57-40-58-51-17-15-16-18-64(51)80-66(58)42-63(57)79-68(53)67(52)76-70-69(79)59-37-46(74(10,11)12)25-36-65(59)81-70/h15-42,77H,1-14H3. The number of anilines is 5. The van der Waals surface area contributed by atoms with Gasteiger partial charge in [0.1, 0.15) is 16.7 Å². The summed E-state index contributed by atoms with van der Waals surface area (Å²) in [6.45, 7) is 32.2. The lowest BCUT2D eigenvalue weighted by Crippen LogP contribution is -2.36. The SMILES string of the molecule is CC(C)(C)c1ccc(Nc2cc3c(cc2-c2ccc4c5cc6c(cc5n5c4c2[B]c2oc4ccc(C(C)(C)C)cc4c2-5)oc2ccccc26)-c2cc(N(c4ccc(C(C)(C)C)cc4)c4ccc(C(C)(C)C)cc4)ccc2C3(C)C)cc1. The molecule has 1 N–H and O–H groups in total. The number of para-hydroxylation sites is 1. The number of nitrogens with one attached hydrogen (secondary N) is 1. The smallest absolute Gasteiger partial charge is 0.247 e. The van der Waals surface area contributed by atoms with Crippen LogP contribution in [0.1, 0.15) is 130 Å². The van der Waals surface area contributed by atoms with E-state index >= 15 is 0 Å². The molecular weight excluding hydrogens is 986 g/mol. The number of benzene rings is 9. The summed E-state index contributed by atoms with van der Waals surface area (Å²) in [7, 11) is 2.32. The first kappa shape index (κ1) is 51.0. The third-order valence-corrected chi connectivity index (χ3v) is 17.9. The van der Waals surface area contributed by atoms with Gasteiger partial charge in [-0.25, -0.2) is 0 Å². The predicted molar refractivity (Wildman–Crippen MR) is 345 cm³/mol. The quantitative estimate of drug-likeness (QED) is 0.169. The van der Waals surface area contributed by atoms with Crippen LogP contribution in [0.5, 0.6) is 0 Å². The molecule has 0 bridgehead atoms. The van der Waals surface area contributed by atoms with Gasteiger partial charge in [0.15, 0.2) is 0 Å². The first-order valence-corrected chi connectivity index (χ1v) is 29.0. The molecule has 0 amide bonds. The average molecular weight is 1060 g/mol. The van der Waals surface area contributed by atoms with E-state index in [0.717, 1.165) is 100 Å². The second kappa shape index (κ2) is 17.4. The monoisotopic (exact) mass is 1060 g/mol. The van der Waals surface area contributed by atoms with Gasteiger partial charge in [0.25, 0.3) is 0 Å². The minimum Gasteiger partial charge on any atom is -0.469 e. The number of nitrogens with zero attached hydrogens (tertiary/aromatic N) is 2. The second-order valence-corrected chi connectivity index (χ2v) is 27.8. The molecule has 1 radical (unpaired) electrons. The number of fused-ring (bicyclic) bond motifs is 13. The summed E-state index contributed by atoms with van der Waals surface area (Å²) in [5, 5.41) is 9.74. The molecule has 0 atom stereocenters. The highest BCUT2D eigenvalue weighted by Gasteiger charge is 2.39. The minimum atomic E-state index is -0.297. The maximum absolute atomic E-state index is 7.04. The lowest BCUT2D eigenvalue weighted by Gasteiger charge is -2.29. The molecule has 0 saturated carbocycles. The van der Waals surface area contributed by atoms with Gasteiger partial charge in [-0.1, -0.05) is 176 Å². The van der Waals surface area contributed by atoms with Gasteiger partial charge in [-0.05, 0) is 162 Å². The number of hydrogen-bond acceptors (Lipinski definition) is 4. The van der Waals surface area contributed by atoms with Gasteiger partial charge in [0.05, 0.1) is 16.9 Å². The molecule has 2 aliphatic rings. The highest BCUT2D eigenvalue weighted by molar-refractivity contribution is 6.73. The maximum Gasteiger partial charge on any atom is 0.247 e. The lowest BCUT2D eigenvalue weighted by molar-refractivity contribution is 0.590. The Morgan fingerprint density at radius 2 is 1.01 bits per heavy atom. The van der Waals surface area contributed by atoms with Gasteiger partial charge in [0, 0.05) is 77.9 Å². The Kier molecular flexibility index (Phi) is 10.9. The molecule has 0 unspecified atom stereocenters. The Morgan fingerprint density at radius 1 is 0.432 bits per heavy atom. The Labute approximate surface area is 477 Å². The summed E-state index contributed by atoms with van der Waals surface area (Å²) in [6, 6.07) is 64.0. The van der Waals surface area contributed by atoms with Crippen molar-refractivity contribution in [3.8, 4) is 27.9 Å². The zero-order valence-corrected chi connectivity index (χ0v) is 49.5. The summed E-state index contributed by atoms with van der Waals surface area (Å²) in [6.07, 6.45) is 0. The molecule has 14 rings (SSSR count). The largest absolute Gasteiger partial charge is 0.469 e. The van der Waals surface area contributed by atoms with E-state index in [1.165, 1.54) is 55.3 Å². The van der Waals surface area contributed by atoms with E-state index < -0.39 is 0 Å². The van der Waals surface area contributed by atoms with Crippen molar-refractivity contribution in [2.24, 2.45) is 0 Å². The van der Waals surface area contributed by atoms with E-state index in [1.807, 2.05) is 0 Å². The summed E-state index contributed by atoms with van der Waals surface area (Å²) in [5.74, 6) is 0. The zero-order valence-electron chi connectivity index (χ0n) is 49.5. The normalized spacial score (nSPS) is 14.0. The van der Waals surface area contributed by atoms with Crippen molar-refractivity contribution in [1.82, 2.24) is 4.57 Å². The van der Waals surface area contributed by atoms with Gasteiger partial charge in [-0.15, -0.1) is 0 Å². The third-order valence-electron chi connectivity index (χ3n) is 17.9. The minimum absolute atomic E-state index is 0.0269. The zero-order chi connectivity index (χ0) is 56.4. The molecular formula is C75H71BN3O2. The molecule has 401 valence electrons.